The van der Waals surface area contributed by atoms with Crippen LogP contribution in [0, 0.1) is 13.8 Å². The van der Waals surface area contributed by atoms with E-state index >= 15 is 0 Å². The number of ether oxygens (including phenoxy) is 1. The molecule has 0 aliphatic heterocycles. The van der Waals surface area contributed by atoms with Crippen LogP contribution in [-0.2, 0) is 6.54 Å². The molecule has 0 aromatic carbocycles. The van der Waals surface area contributed by atoms with Gasteiger partial charge in [-0.2, -0.15) is 4.98 Å². The summed E-state index contributed by atoms with van der Waals surface area (Å²) in [6.45, 7) is 6.95. The van der Waals surface area contributed by atoms with Gasteiger partial charge in [0.05, 0.1) is 18.8 Å². The molecule has 0 spiro atoms. The van der Waals surface area contributed by atoms with Crippen LogP contribution in [0.4, 0.5) is 5.95 Å². The van der Waals surface area contributed by atoms with Gasteiger partial charge in [-0.1, -0.05) is 6.92 Å². The number of anilines is 1. The van der Waals surface area contributed by atoms with Gasteiger partial charge in [0, 0.05) is 12.3 Å². The highest BCUT2D eigenvalue weighted by molar-refractivity contribution is 5.27. The zero-order valence-electron chi connectivity index (χ0n) is 11.4. The van der Waals surface area contributed by atoms with Crippen molar-refractivity contribution >= 4 is 5.95 Å². The Balaban J connectivity index is 1.95. The SMILES string of the molecule is CCCOc1ccnc(NCc2nc(C)c(C)o2)n1. The minimum Gasteiger partial charge on any atom is -0.478 e. The van der Waals surface area contributed by atoms with E-state index in [9.17, 15) is 0 Å². The lowest BCUT2D eigenvalue weighted by Gasteiger charge is -2.05. The summed E-state index contributed by atoms with van der Waals surface area (Å²) in [5, 5.41) is 3.06. The molecular weight excluding hydrogens is 244 g/mol. The number of rotatable bonds is 6. The number of aryl methyl sites for hydroxylation is 2. The average molecular weight is 262 g/mol. The third-order valence-corrected chi connectivity index (χ3v) is 2.55. The van der Waals surface area contributed by atoms with Crippen molar-refractivity contribution < 1.29 is 9.15 Å². The number of nitrogens with zero attached hydrogens (tertiary/aromatic N) is 3. The van der Waals surface area contributed by atoms with Gasteiger partial charge in [0.1, 0.15) is 5.76 Å². The molecule has 19 heavy (non-hydrogen) atoms. The van der Waals surface area contributed by atoms with E-state index in [1.54, 1.807) is 12.3 Å². The van der Waals surface area contributed by atoms with E-state index in [-0.39, 0.29) is 0 Å². The molecular formula is C13H18N4O2. The predicted octanol–water partition coefficient (Wildman–Crippen LogP) is 2.48. The van der Waals surface area contributed by atoms with Gasteiger partial charge >= 0.3 is 0 Å². The maximum Gasteiger partial charge on any atom is 0.226 e. The van der Waals surface area contributed by atoms with Crippen molar-refractivity contribution in [1.82, 2.24) is 15.0 Å². The molecule has 2 aromatic rings. The molecule has 0 saturated carbocycles. The van der Waals surface area contributed by atoms with Crippen molar-refractivity contribution in [3.8, 4) is 5.88 Å². The third-order valence-electron chi connectivity index (χ3n) is 2.55. The monoisotopic (exact) mass is 262 g/mol. The second-order valence-electron chi connectivity index (χ2n) is 4.17. The summed E-state index contributed by atoms with van der Waals surface area (Å²) in [6.07, 6.45) is 2.61. The molecule has 0 aliphatic rings. The summed E-state index contributed by atoms with van der Waals surface area (Å²) in [4.78, 5) is 12.6. The Bertz CT molecular complexity index is 520. The molecule has 6 nitrogen and oxygen atoms in total. The van der Waals surface area contributed by atoms with Crippen molar-refractivity contribution in [2.45, 2.75) is 33.7 Å². The van der Waals surface area contributed by atoms with Crippen molar-refractivity contribution in [3.05, 3.63) is 29.6 Å². The number of nitrogens with one attached hydrogen (secondary N) is 1. The third kappa shape index (κ3) is 3.67. The topological polar surface area (TPSA) is 73.1 Å². The summed E-state index contributed by atoms with van der Waals surface area (Å²) in [5.74, 6) is 2.53. The Labute approximate surface area is 112 Å². The molecule has 0 unspecified atom stereocenters. The first-order valence-electron chi connectivity index (χ1n) is 6.31. The fourth-order valence-electron chi connectivity index (χ4n) is 1.48. The number of aromatic nitrogens is 3. The van der Waals surface area contributed by atoms with Gasteiger partial charge < -0.3 is 14.5 Å². The van der Waals surface area contributed by atoms with Gasteiger partial charge in [-0.3, -0.25) is 0 Å². The first-order valence-corrected chi connectivity index (χ1v) is 6.31. The minimum atomic E-state index is 0.450. The Kier molecular flexibility index (Phi) is 4.33. The molecule has 1 N–H and O–H groups in total. The molecule has 0 atom stereocenters. The van der Waals surface area contributed by atoms with Crippen LogP contribution in [0.15, 0.2) is 16.7 Å². The molecule has 6 heteroatoms. The highest BCUT2D eigenvalue weighted by Gasteiger charge is 2.06. The lowest BCUT2D eigenvalue weighted by atomic mass is 10.4. The van der Waals surface area contributed by atoms with E-state index in [2.05, 4.69) is 20.3 Å². The summed E-state index contributed by atoms with van der Waals surface area (Å²) in [5.41, 5.74) is 0.901. The van der Waals surface area contributed by atoms with E-state index in [0.717, 1.165) is 17.9 Å². The summed E-state index contributed by atoms with van der Waals surface area (Å²) < 4.78 is 10.9. The number of hydrogen-bond acceptors (Lipinski definition) is 6. The molecule has 0 fully saturated rings. The molecule has 0 saturated heterocycles. The highest BCUT2D eigenvalue weighted by Crippen LogP contribution is 2.12. The largest absolute Gasteiger partial charge is 0.478 e. The van der Waals surface area contributed by atoms with Crippen LogP contribution in [0.3, 0.4) is 0 Å². The van der Waals surface area contributed by atoms with Crippen molar-refractivity contribution in [2.24, 2.45) is 0 Å². The summed E-state index contributed by atoms with van der Waals surface area (Å²) in [7, 11) is 0. The van der Waals surface area contributed by atoms with E-state index < -0.39 is 0 Å². The summed E-state index contributed by atoms with van der Waals surface area (Å²) >= 11 is 0. The quantitative estimate of drug-likeness (QED) is 0.862. The predicted molar refractivity (Wildman–Crippen MR) is 71.1 cm³/mol. The molecule has 0 bridgehead atoms. The maximum atomic E-state index is 5.47. The number of oxazole rings is 1. The maximum absolute atomic E-state index is 5.47. The van der Waals surface area contributed by atoms with Gasteiger partial charge in [0.2, 0.25) is 17.7 Å². The lowest BCUT2D eigenvalue weighted by Crippen LogP contribution is -2.05. The molecule has 0 amide bonds. The van der Waals surface area contributed by atoms with Crippen molar-refractivity contribution in [1.29, 1.82) is 0 Å². The fourth-order valence-corrected chi connectivity index (χ4v) is 1.48. The second kappa shape index (κ2) is 6.17. The summed E-state index contributed by atoms with van der Waals surface area (Å²) in [6, 6.07) is 1.74. The van der Waals surface area contributed by atoms with Crippen LogP contribution in [0.2, 0.25) is 0 Å². The van der Waals surface area contributed by atoms with Crippen LogP contribution in [-0.4, -0.2) is 21.6 Å². The first-order chi connectivity index (χ1) is 9.19. The van der Waals surface area contributed by atoms with Crippen LogP contribution < -0.4 is 10.1 Å². The lowest BCUT2D eigenvalue weighted by molar-refractivity contribution is 0.305. The Morgan fingerprint density at radius 2 is 2.16 bits per heavy atom. The van der Waals surface area contributed by atoms with Gasteiger partial charge in [-0.05, 0) is 20.3 Å². The van der Waals surface area contributed by atoms with Crippen LogP contribution in [0.25, 0.3) is 0 Å². The molecule has 2 rings (SSSR count). The second-order valence-corrected chi connectivity index (χ2v) is 4.17. The van der Waals surface area contributed by atoms with Gasteiger partial charge in [0.15, 0.2) is 0 Å². The van der Waals surface area contributed by atoms with E-state index in [1.807, 2.05) is 20.8 Å². The standard InChI is InChI=1S/C13H18N4O2/c1-4-7-18-11-5-6-14-13(17-11)15-8-12-16-9(2)10(3)19-12/h5-6H,4,7-8H2,1-3H3,(H,14,15,17). The fraction of sp³-hybridized carbons (Fsp3) is 0.462. The molecule has 2 aromatic heterocycles. The van der Waals surface area contributed by atoms with Gasteiger partial charge in [-0.25, -0.2) is 9.97 Å². The minimum absolute atomic E-state index is 0.450. The van der Waals surface area contributed by atoms with E-state index in [4.69, 9.17) is 9.15 Å². The van der Waals surface area contributed by atoms with E-state index in [0.29, 0.717) is 30.9 Å². The van der Waals surface area contributed by atoms with Crippen LogP contribution in [0.5, 0.6) is 5.88 Å². The Morgan fingerprint density at radius 1 is 1.32 bits per heavy atom. The Morgan fingerprint density at radius 3 is 2.84 bits per heavy atom. The normalized spacial score (nSPS) is 10.5. The zero-order chi connectivity index (χ0) is 13.7. The zero-order valence-corrected chi connectivity index (χ0v) is 11.4. The molecule has 102 valence electrons. The average Bonchev–Trinajstić information content (AvgIpc) is 2.74. The highest BCUT2D eigenvalue weighted by atomic mass is 16.5. The smallest absolute Gasteiger partial charge is 0.226 e. The Hall–Kier alpha value is -2.11. The van der Waals surface area contributed by atoms with Gasteiger partial charge in [-0.15, -0.1) is 0 Å². The molecule has 0 radical (unpaired) electrons. The van der Waals surface area contributed by atoms with Crippen molar-refractivity contribution in [2.75, 3.05) is 11.9 Å². The number of hydrogen-bond donors (Lipinski definition) is 1. The van der Waals surface area contributed by atoms with Crippen LogP contribution >= 0.6 is 0 Å². The van der Waals surface area contributed by atoms with Crippen LogP contribution in [0.1, 0.15) is 30.7 Å². The van der Waals surface area contributed by atoms with E-state index in [1.165, 1.54) is 0 Å². The first kappa shape index (κ1) is 13.3. The van der Waals surface area contributed by atoms with Crippen molar-refractivity contribution in [3.63, 3.8) is 0 Å². The molecule has 0 aliphatic carbocycles. The van der Waals surface area contributed by atoms with Gasteiger partial charge in [0.25, 0.3) is 0 Å². The molecule has 2 heterocycles.